The average molecular weight is 248 g/mol. The monoisotopic (exact) mass is 248 g/mol. The van der Waals surface area contributed by atoms with Crippen LogP contribution in [0.15, 0.2) is 0 Å². The first-order valence-electron chi connectivity index (χ1n) is 5.85. The van der Waals surface area contributed by atoms with Crippen molar-refractivity contribution in [3.63, 3.8) is 0 Å². The first kappa shape index (κ1) is 12.3. The van der Waals surface area contributed by atoms with Gasteiger partial charge in [0, 0.05) is 19.1 Å². The Morgan fingerprint density at radius 2 is 1.88 bits per heavy atom. The van der Waals surface area contributed by atoms with Crippen LogP contribution in [0.25, 0.3) is 0 Å². The van der Waals surface area contributed by atoms with Gasteiger partial charge in [-0.3, -0.25) is 4.90 Å². The minimum absolute atomic E-state index is 0.337. The highest BCUT2D eigenvalue weighted by atomic mass is 32.2. The van der Waals surface area contributed by atoms with Crippen LogP contribution in [0.3, 0.4) is 0 Å². The molecule has 0 unspecified atom stereocenters. The third kappa shape index (κ3) is 2.94. The normalized spacial score (nSPS) is 33.6. The third-order valence-corrected chi connectivity index (χ3v) is 4.25. The van der Waals surface area contributed by atoms with E-state index in [1.807, 2.05) is 0 Å². The molecule has 16 heavy (non-hydrogen) atoms. The fourth-order valence-electron chi connectivity index (χ4n) is 2.77. The van der Waals surface area contributed by atoms with Crippen molar-refractivity contribution < 1.29 is 13.5 Å². The Morgan fingerprint density at radius 1 is 1.25 bits per heavy atom. The molecule has 1 aliphatic carbocycles. The molecule has 2 rings (SSSR count). The number of sulfonamides is 1. The zero-order chi connectivity index (χ0) is 11.8. The molecule has 2 atom stereocenters. The highest BCUT2D eigenvalue weighted by Gasteiger charge is 2.37. The smallest absolute Gasteiger partial charge is 0.209 e. The van der Waals surface area contributed by atoms with E-state index in [4.69, 9.17) is 0 Å². The second-order valence-electron chi connectivity index (χ2n) is 4.96. The lowest BCUT2D eigenvalue weighted by atomic mass is 10.2. The standard InChI is InChI=1S/C10H20N2O3S/c1-16(14,15)11-9-6-12(7-10(9)13)8-4-2-3-5-8/h8-11,13H,2-7H2,1H3/t9-,10-/m1/s1. The van der Waals surface area contributed by atoms with Crippen LogP contribution in [-0.4, -0.2) is 56.0 Å². The summed E-state index contributed by atoms with van der Waals surface area (Å²) >= 11 is 0. The maximum atomic E-state index is 11.1. The van der Waals surface area contributed by atoms with E-state index in [-0.39, 0.29) is 6.04 Å². The molecule has 0 aromatic heterocycles. The Balaban J connectivity index is 1.93. The van der Waals surface area contributed by atoms with Gasteiger partial charge in [-0.25, -0.2) is 13.1 Å². The summed E-state index contributed by atoms with van der Waals surface area (Å²) in [6.45, 7) is 1.23. The van der Waals surface area contributed by atoms with Crippen molar-refractivity contribution in [2.75, 3.05) is 19.3 Å². The molecule has 5 nitrogen and oxygen atoms in total. The predicted octanol–water partition coefficient (Wildman–Crippen LogP) is -0.477. The van der Waals surface area contributed by atoms with Crippen molar-refractivity contribution in [1.29, 1.82) is 0 Å². The van der Waals surface area contributed by atoms with Crippen LogP contribution in [-0.2, 0) is 10.0 Å². The molecular formula is C10H20N2O3S. The lowest BCUT2D eigenvalue weighted by molar-refractivity contribution is 0.150. The maximum absolute atomic E-state index is 11.1. The summed E-state index contributed by atoms with van der Waals surface area (Å²) in [5.74, 6) is 0. The molecule has 1 heterocycles. The number of rotatable bonds is 3. The van der Waals surface area contributed by atoms with Crippen LogP contribution in [0, 0.1) is 0 Å². The molecule has 6 heteroatoms. The summed E-state index contributed by atoms with van der Waals surface area (Å²) in [6.07, 6.45) is 5.42. The Bertz CT molecular complexity index is 338. The summed E-state index contributed by atoms with van der Waals surface area (Å²) in [5.41, 5.74) is 0. The van der Waals surface area contributed by atoms with Gasteiger partial charge in [-0.1, -0.05) is 12.8 Å². The van der Waals surface area contributed by atoms with E-state index in [1.54, 1.807) is 0 Å². The van der Waals surface area contributed by atoms with Crippen molar-refractivity contribution in [3.8, 4) is 0 Å². The first-order chi connectivity index (χ1) is 7.46. The fourth-order valence-corrected chi connectivity index (χ4v) is 3.56. The van der Waals surface area contributed by atoms with Crippen LogP contribution in [0.4, 0.5) is 0 Å². The minimum Gasteiger partial charge on any atom is -0.390 e. The van der Waals surface area contributed by atoms with Gasteiger partial charge < -0.3 is 5.11 Å². The van der Waals surface area contributed by atoms with Gasteiger partial charge in [0.25, 0.3) is 0 Å². The maximum Gasteiger partial charge on any atom is 0.209 e. The molecule has 94 valence electrons. The van der Waals surface area contributed by atoms with Crippen LogP contribution >= 0.6 is 0 Å². The molecule has 0 spiro atoms. The van der Waals surface area contributed by atoms with Gasteiger partial charge in [0.15, 0.2) is 0 Å². The number of nitrogens with zero attached hydrogens (tertiary/aromatic N) is 1. The number of likely N-dealkylation sites (tertiary alicyclic amines) is 1. The van der Waals surface area contributed by atoms with Crippen molar-refractivity contribution in [3.05, 3.63) is 0 Å². The largest absolute Gasteiger partial charge is 0.390 e. The van der Waals surface area contributed by atoms with Crippen molar-refractivity contribution in [1.82, 2.24) is 9.62 Å². The van der Waals surface area contributed by atoms with Crippen molar-refractivity contribution in [2.24, 2.45) is 0 Å². The lowest BCUT2D eigenvalue weighted by Crippen LogP contribution is -2.42. The van der Waals surface area contributed by atoms with Crippen molar-refractivity contribution >= 4 is 10.0 Å². The molecule has 0 aromatic rings. The molecule has 0 amide bonds. The van der Waals surface area contributed by atoms with Gasteiger partial charge in [-0.2, -0.15) is 0 Å². The number of aliphatic hydroxyl groups is 1. The molecule has 1 saturated carbocycles. The Morgan fingerprint density at radius 3 is 2.44 bits per heavy atom. The van der Waals surface area contributed by atoms with Crippen LogP contribution < -0.4 is 4.72 Å². The summed E-state index contributed by atoms with van der Waals surface area (Å²) in [7, 11) is -3.22. The van der Waals surface area contributed by atoms with Crippen molar-refractivity contribution in [2.45, 2.75) is 43.9 Å². The number of nitrogens with one attached hydrogen (secondary N) is 1. The summed E-state index contributed by atoms with van der Waals surface area (Å²) < 4.78 is 24.7. The zero-order valence-electron chi connectivity index (χ0n) is 9.59. The molecule has 0 bridgehead atoms. The van der Waals surface area contributed by atoms with Gasteiger partial charge in [0.05, 0.1) is 18.4 Å². The van der Waals surface area contributed by atoms with E-state index in [0.29, 0.717) is 19.1 Å². The average Bonchev–Trinajstić information content (AvgIpc) is 2.73. The summed E-state index contributed by atoms with van der Waals surface area (Å²) in [6, 6.07) is 0.205. The second-order valence-corrected chi connectivity index (χ2v) is 6.74. The summed E-state index contributed by atoms with van der Waals surface area (Å²) in [5, 5.41) is 9.81. The van der Waals surface area contributed by atoms with E-state index in [0.717, 1.165) is 6.26 Å². The van der Waals surface area contributed by atoms with E-state index >= 15 is 0 Å². The quantitative estimate of drug-likeness (QED) is 0.708. The zero-order valence-corrected chi connectivity index (χ0v) is 10.4. The predicted molar refractivity (Wildman–Crippen MR) is 61.6 cm³/mol. The topological polar surface area (TPSA) is 69.6 Å². The Hall–Kier alpha value is -0.170. The van der Waals surface area contributed by atoms with Crippen LogP contribution in [0.1, 0.15) is 25.7 Å². The van der Waals surface area contributed by atoms with Gasteiger partial charge in [-0.05, 0) is 12.8 Å². The minimum atomic E-state index is -3.22. The molecule has 2 N–H and O–H groups in total. The molecule has 0 radical (unpaired) electrons. The van der Waals surface area contributed by atoms with Gasteiger partial charge in [0.2, 0.25) is 10.0 Å². The lowest BCUT2D eigenvalue weighted by Gasteiger charge is -2.22. The second kappa shape index (κ2) is 4.60. The van der Waals surface area contributed by atoms with E-state index < -0.39 is 16.1 Å². The third-order valence-electron chi connectivity index (χ3n) is 3.52. The Labute approximate surface area is 96.9 Å². The van der Waals surface area contributed by atoms with Gasteiger partial charge in [-0.15, -0.1) is 0 Å². The number of hydrogen-bond donors (Lipinski definition) is 2. The number of β-amino-alcohol motifs (C(OH)–C–C–N with tert-alkyl or cyclic N) is 1. The molecule has 0 aromatic carbocycles. The molecule has 2 fully saturated rings. The number of aliphatic hydroxyl groups excluding tert-OH is 1. The molecule has 1 aliphatic heterocycles. The van der Waals surface area contributed by atoms with E-state index in [2.05, 4.69) is 9.62 Å². The Kier molecular flexibility index (Phi) is 3.53. The highest BCUT2D eigenvalue weighted by molar-refractivity contribution is 7.88. The van der Waals surface area contributed by atoms with Crippen LogP contribution in [0.2, 0.25) is 0 Å². The first-order valence-corrected chi connectivity index (χ1v) is 7.74. The fraction of sp³-hybridized carbons (Fsp3) is 1.00. The SMILES string of the molecule is CS(=O)(=O)N[C@@H]1CN(C2CCCC2)C[C@H]1O. The molecule has 2 aliphatic rings. The number of hydrogen-bond acceptors (Lipinski definition) is 4. The molecular weight excluding hydrogens is 228 g/mol. The van der Waals surface area contributed by atoms with E-state index in [1.165, 1.54) is 25.7 Å². The van der Waals surface area contributed by atoms with E-state index in [9.17, 15) is 13.5 Å². The van der Waals surface area contributed by atoms with Gasteiger partial charge in [0.1, 0.15) is 0 Å². The van der Waals surface area contributed by atoms with Crippen LogP contribution in [0.5, 0.6) is 0 Å². The summed E-state index contributed by atoms with van der Waals surface area (Å²) in [4.78, 5) is 2.22. The van der Waals surface area contributed by atoms with Gasteiger partial charge >= 0.3 is 0 Å². The highest BCUT2D eigenvalue weighted by Crippen LogP contribution is 2.26. The molecule has 1 saturated heterocycles.